The van der Waals surface area contributed by atoms with Gasteiger partial charge in [-0.3, -0.25) is 0 Å². The molecule has 8 nitrogen and oxygen atoms in total. The molecule has 9 heteroatoms. The number of hydrogen-bond acceptors (Lipinski definition) is 5. The van der Waals surface area contributed by atoms with Crippen LogP contribution in [0, 0.1) is 13.8 Å². The number of benzene rings is 1. The van der Waals surface area contributed by atoms with Gasteiger partial charge in [0.1, 0.15) is 17.9 Å². The first-order valence-corrected chi connectivity index (χ1v) is 10.7. The largest absolute Gasteiger partial charge is 0.439 e. The zero-order valence-corrected chi connectivity index (χ0v) is 21.5. The van der Waals surface area contributed by atoms with Gasteiger partial charge in [-0.25, -0.2) is 9.98 Å². The molecule has 2 N–H and O–H groups in total. The van der Waals surface area contributed by atoms with Crippen LogP contribution in [0.1, 0.15) is 36.4 Å². The molecule has 1 aromatic carbocycles. The SMILES string of the molecule is CCNC(=NCc1ccnc(Oc2ccc(C)c(C)c2)c1)NCCn1cnnc1CC.I. The fourth-order valence-electron chi connectivity index (χ4n) is 3.05. The molecule has 0 spiro atoms. The Kier molecular flexibility index (Phi) is 10.4. The lowest BCUT2D eigenvalue weighted by atomic mass is 10.1. The lowest BCUT2D eigenvalue weighted by Gasteiger charge is -2.12. The number of aryl methyl sites for hydroxylation is 3. The van der Waals surface area contributed by atoms with Crippen molar-refractivity contribution in [3.05, 3.63) is 65.4 Å². The van der Waals surface area contributed by atoms with E-state index in [1.807, 2.05) is 31.2 Å². The zero-order chi connectivity index (χ0) is 22.1. The smallest absolute Gasteiger partial charge is 0.219 e. The maximum absolute atomic E-state index is 5.93. The van der Waals surface area contributed by atoms with E-state index in [1.54, 1.807) is 12.5 Å². The number of aromatic nitrogens is 4. The van der Waals surface area contributed by atoms with E-state index in [0.717, 1.165) is 49.2 Å². The molecule has 0 bridgehead atoms. The maximum Gasteiger partial charge on any atom is 0.219 e. The average molecular weight is 549 g/mol. The minimum absolute atomic E-state index is 0. The fourth-order valence-corrected chi connectivity index (χ4v) is 3.05. The first-order chi connectivity index (χ1) is 15.1. The van der Waals surface area contributed by atoms with Crippen LogP contribution in [0.15, 0.2) is 47.8 Å². The molecular weight excluding hydrogens is 517 g/mol. The van der Waals surface area contributed by atoms with Crippen molar-refractivity contribution < 1.29 is 4.74 Å². The topological polar surface area (TPSA) is 89.3 Å². The van der Waals surface area contributed by atoms with Crippen molar-refractivity contribution in [1.29, 1.82) is 0 Å². The molecule has 3 aromatic rings. The average Bonchev–Trinajstić information content (AvgIpc) is 3.22. The molecule has 0 saturated heterocycles. The Hall–Kier alpha value is -2.69. The number of aliphatic imine (C=N–C) groups is 1. The Morgan fingerprint density at radius 3 is 2.69 bits per heavy atom. The van der Waals surface area contributed by atoms with E-state index in [2.05, 4.69) is 62.2 Å². The lowest BCUT2D eigenvalue weighted by molar-refractivity contribution is 0.461. The Labute approximate surface area is 206 Å². The molecule has 0 saturated carbocycles. The quantitative estimate of drug-likeness (QED) is 0.238. The first-order valence-electron chi connectivity index (χ1n) is 10.7. The van der Waals surface area contributed by atoms with Crippen molar-refractivity contribution in [2.75, 3.05) is 13.1 Å². The molecule has 0 fully saturated rings. The van der Waals surface area contributed by atoms with Crippen LogP contribution >= 0.6 is 24.0 Å². The molecular formula is C23H32IN7O. The molecule has 0 radical (unpaired) electrons. The van der Waals surface area contributed by atoms with Gasteiger partial charge in [0.15, 0.2) is 5.96 Å². The van der Waals surface area contributed by atoms with Crippen LogP contribution in [0.2, 0.25) is 0 Å². The van der Waals surface area contributed by atoms with E-state index in [1.165, 1.54) is 11.1 Å². The van der Waals surface area contributed by atoms with Gasteiger partial charge in [-0.2, -0.15) is 0 Å². The number of rotatable bonds is 9. The van der Waals surface area contributed by atoms with Crippen LogP contribution in [0.5, 0.6) is 11.6 Å². The summed E-state index contributed by atoms with van der Waals surface area (Å²) in [5.74, 6) is 3.10. The second-order valence-electron chi connectivity index (χ2n) is 7.27. The van der Waals surface area contributed by atoms with Crippen molar-refractivity contribution in [3.63, 3.8) is 0 Å². The predicted molar refractivity (Wildman–Crippen MR) is 138 cm³/mol. The standard InChI is InChI=1S/C23H31N7O.HI/c1-5-21-29-28-16-30(21)12-11-26-23(24-6-2)27-15-19-9-10-25-22(14-19)31-20-8-7-17(3)18(4)13-20;/h7-10,13-14,16H,5-6,11-12,15H2,1-4H3,(H2,24,26,27);1H. The summed E-state index contributed by atoms with van der Waals surface area (Å²) in [6.07, 6.45) is 4.38. The summed E-state index contributed by atoms with van der Waals surface area (Å²) in [4.78, 5) is 9.02. The number of halogens is 1. The molecule has 32 heavy (non-hydrogen) atoms. The maximum atomic E-state index is 5.93. The summed E-state index contributed by atoms with van der Waals surface area (Å²) in [7, 11) is 0. The summed E-state index contributed by atoms with van der Waals surface area (Å²) in [5.41, 5.74) is 3.46. The molecule has 0 amide bonds. The second kappa shape index (κ2) is 13.0. The van der Waals surface area contributed by atoms with Crippen LogP contribution in [0.4, 0.5) is 0 Å². The highest BCUT2D eigenvalue weighted by Crippen LogP contribution is 2.22. The van der Waals surface area contributed by atoms with Gasteiger partial charge >= 0.3 is 0 Å². The molecule has 0 unspecified atom stereocenters. The van der Waals surface area contributed by atoms with Gasteiger partial charge in [-0.1, -0.05) is 13.0 Å². The zero-order valence-electron chi connectivity index (χ0n) is 19.1. The van der Waals surface area contributed by atoms with Crippen LogP contribution in [-0.4, -0.2) is 38.8 Å². The van der Waals surface area contributed by atoms with E-state index in [0.29, 0.717) is 12.4 Å². The Balaban J connectivity index is 0.00000363. The summed E-state index contributed by atoms with van der Waals surface area (Å²) >= 11 is 0. The summed E-state index contributed by atoms with van der Waals surface area (Å²) in [5, 5.41) is 14.7. The van der Waals surface area contributed by atoms with E-state index in [4.69, 9.17) is 4.74 Å². The number of hydrogen-bond donors (Lipinski definition) is 2. The Morgan fingerprint density at radius 2 is 1.94 bits per heavy atom. The van der Waals surface area contributed by atoms with E-state index in [-0.39, 0.29) is 24.0 Å². The van der Waals surface area contributed by atoms with E-state index < -0.39 is 0 Å². The molecule has 0 aliphatic heterocycles. The molecule has 2 heterocycles. The van der Waals surface area contributed by atoms with Gasteiger partial charge in [0.05, 0.1) is 6.54 Å². The monoisotopic (exact) mass is 549 g/mol. The normalized spacial score (nSPS) is 11.1. The predicted octanol–water partition coefficient (Wildman–Crippen LogP) is 4.02. The highest BCUT2D eigenvalue weighted by molar-refractivity contribution is 14.0. The van der Waals surface area contributed by atoms with Gasteiger partial charge in [0, 0.05) is 38.3 Å². The van der Waals surface area contributed by atoms with Crippen molar-refractivity contribution in [2.45, 2.75) is 47.2 Å². The minimum Gasteiger partial charge on any atom is -0.439 e. The third-order valence-corrected chi connectivity index (χ3v) is 4.92. The van der Waals surface area contributed by atoms with Crippen molar-refractivity contribution >= 4 is 29.9 Å². The first kappa shape index (κ1) is 25.6. The summed E-state index contributed by atoms with van der Waals surface area (Å²) < 4.78 is 7.98. The van der Waals surface area contributed by atoms with Gasteiger partial charge in [-0.15, -0.1) is 34.2 Å². The van der Waals surface area contributed by atoms with Gasteiger partial charge in [0.2, 0.25) is 5.88 Å². The summed E-state index contributed by atoms with van der Waals surface area (Å²) in [6.45, 7) is 11.1. The van der Waals surface area contributed by atoms with E-state index in [9.17, 15) is 0 Å². The van der Waals surface area contributed by atoms with Crippen molar-refractivity contribution in [1.82, 2.24) is 30.4 Å². The lowest BCUT2D eigenvalue weighted by Crippen LogP contribution is -2.38. The molecule has 0 aliphatic carbocycles. The van der Waals surface area contributed by atoms with Crippen LogP contribution in [-0.2, 0) is 19.5 Å². The van der Waals surface area contributed by atoms with Gasteiger partial charge in [-0.05, 0) is 55.7 Å². The number of nitrogens with zero attached hydrogens (tertiary/aromatic N) is 5. The second-order valence-corrected chi connectivity index (χ2v) is 7.27. The number of ether oxygens (including phenoxy) is 1. The highest BCUT2D eigenvalue weighted by Gasteiger charge is 2.04. The van der Waals surface area contributed by atoms with Crippen LogP contribution in [0.25, 0.3) is 0 Å². The minimum atomic E-state index is 0. The highest BCUT2D eigenvalue weighted by atomic mass is 127. The Bertz CT molecular complexity index is 1020. The van der Waals surface area contributed by atoms with Crippen molar-refractivity contribution in [3.8, 4) is 11.6 Å². The molecule has 2 aromatic heterocycles. The molecule has 0 atom stereocenters. The number of nitrogens with one attached hydrogen (secondary N) is 2. The Morgan fingerprint density at radius 1 is 1.09 bits per heavy atom. The number of pyridine rings is 1. The van der Waals surface area contributed by atoms with Crippen LogP contribution in [0.3, 0.4) is 0 Å². The van der Waals surface area contributed by atoms with Gasteiger partial charge in [0.25, 0.3) is 0 Å². The third kappa shape index (κ3) is 7.47. The van der Waals surface area contributed by atoms with E-state index >= 15 is 0 Å². The molecule has 3 rings (SSSR count). The summed E-state index contributed by atoms with van der Waals surface area (Å²) in [6, 6.07) is 9.91. The van der Waals surface area contributed by atoms with Gasteiger partial charge < -0.3 is 19.9 Å². The number of guanidine groups is 1. The van der Waals surface area contributed by atoms with Crippen LogP contribution < -0.4 is 15.4 Å². The fraction of sp³-hybridized carbons (Fsp3) is 0.391. The third-order valence-electron chi connectivity index (χ3n) is 4.92. The molecule has 172 valence electrons. The van der Waals surface area contributed by atoms with Crippen molar-refractivity contribution in [2.24, 2.45) is 4.99 Å². The molecule has 0 aliphatic rings.